The zero-order valence-electron chi connectivity index (χ0n) is 11.5. The van der Waals surface area contributed by atoms with Crippen molar-refractivity contribution in [2.45, 2.75) is 13.8 Å². The van der Waals surface area contributed by atoms with Crippen LogP contribution in [0.2, 0.25) is 5.02 Å². The van der Waals surface area contributed by atoms with Crippen LogP contribution in [-0.4, -0.2) is 17.0 Å². The first-order valence-corrected chi connectivity index (χ1v) is 6.35. The number of benzene rings is 1. The molecule has 0 saturated carbocycles. The number of carbonyl (C=O) groups excluding carboxylic acids is 3. The van der Waals surface area contributed by atoms with Gasteiger partial charge in [-0.2, -0.15) is 9.59 Å². The third-order valence-corrected chi connectivity index (χ3v) is 2.83. The van der Waals surface area contributed by atoms with Crippen molar-refractivity contribution < 1.29 is 14.4 Å². The van der Waals surface area contributed by atoms with E-state index in [9.17, 15) is 4.79 Å². The summed E-state index contributed by atoms with van der Waals surface area (Å²) in [5, 5.41) is 3.32. The molecule has 0 unspecified atom stereocenters. The minimum absolute atomic E-state index is 0.135. The Morgan fingerprint density at radius 3 is 2.43 bits per heavy atom. The molecule has 2 rings (SSSR count). The van der Waals surface area contributed by atoms with Crippen molar-refractivity contribution >= 4 is 29.5 Å². The normalized spacial score (nSPS) is 9.10. The van der Waals surface area contributed by atoms with Crippen molar-refractivity contribution in [1.82, 2.24) is 4.98 Å². The van der Waals surface area contributed by atoms with E-state index in [1.807, 2.05) is 31.2 Å². The molecule has 0 atom stereocenters. The molecule has 6 heteroatoms. The topological polar surface area (TPSA) is 76.1 Å². The molecule has 1 N–H and O–H groups in total. The first kappa shape index (κ1) is 16.6. The highest BCUT2D eigenvalue weighted by molar-refractivity contribution is 6.33. The Morgan fingerprint density at radius 1 is 1.24 bits per heavy atom. The van der Waals surface area contributed by atoms with Crippen molar-refractivity contribution in [3.8, 4) is 11.1 Å². The molecule has 0 saturated heterocycles. The van der Waals surface area contributed by atoms with Gasteiger partial charge in [-0.15, -0.1) is 0 Å². The molecule has 21 heavy (non-hydrogen) atoms. The standard InChI is InChI=1S/C14H13ClN2O.CO2/c1-9-3-5-13(15)12(7-9)11-4-6-14(16-8-11)17-10(2)18;2-1-3/h3-8H,1-2H3,(H,16,17,18);. The second-order valence-corrected chi connectivity index (χ2v) is 4.59. The van der Waals surface area contributed by atoms with Gasteiger partial charge in [0.1, 0.15) is 5.82 Å². The number of anilines is 1. The highest BCUT2D eigenvalue weighted by Gasteiger charge is 2.05. The van der Waals surface area contributed by atoms with Crippen LogP contribution < -0.4 is 5.32 Å². The summed E-state index contributed by atoms with van der Waals surface area (Å²) in [5.41, 5.74) is 3.01. The summed E-state index contributed by atoms with van der Waals surface area (Å²) < 4.78 is 0. The Kier molecular flexibility index (Phi) is 6.27. The third kappa shape index (κ3) is 5.18. The van der Waals surface area contributed by atoms with Gasteiger partial charge >= 0.3 is 6.15 Å². The number of carbonyl (C=O) groups is 1. The lowest BCUT2D eigenvalue weighted by atomic mass is 10.1. The number of hydrogen-bond acceptors (Lipinski definition) is 4. The van der Waals surface area contributed by atoms with Crippen molar-refractivity contribution in [3.05, 3.63) is 47.1 Å². The van der Waals surface area contributed by atoms with Crippen molar-refractivity contribution in [3.63, 3.8) is 0 Å². The van der Waals surface area contributed by atoms with Crippen LogP contribution in [-0.2, 0) is 14.4 Å². The minimum Gasteiger partial charge on any atom is -0.311 e. The van der Waals surface area contributed by atoms with E-state index < -0.39 is 0 Å². The summed E-state index contributed by atoms with van der Waals surface area (Å²) in [6.45, 7) is 3.46. The SMILES string of the molecule is CC(=O)Nc1ccc(-c2cc(C)ccc2Cl)cn1.O=C=O. The van der Waals surface area contributed by atoms with E-state index in [0.29, 0.717) is 10.8 Å². The molecule has 1 amide bonds. The van der Waals surface area contributed by atoms with Gasteiger partial charge < -0.3 is 5.32 Å². The maximum Gasteiger partial charge on any atom is 0.373 e. The van der Waals surface area contributed by atoms with Gasteiger partial charge in [0.15, 0.2) is 0 Å². The Balaban J connectivity index is 0.000000677. The van der Waals surface area contributed by atoms with E-state index in [-0.39, 0.29) is 12.1 Å². The van der Waals surface area contributed by atoms with Crippen molar-refractivity contribution in [2.24, 2.45) is 0 Å². The van der Waals surface area contributed by atoms with Crippen LogP contribution in [0.25, 0.3) is 11.1 Å². The Bertz CT molecular complexity index is 663. The number of amides is 1. The number of hydrogen-bond donors (Lipinski definition) is 1. The fourth-order valence-corrected chi connectivity index (χ4v) is 1.89. The molecule has 0 aliphatic rings. The lowest BCUT2D eigenvalue weighted by Gasteiger charge is -2.07. The van der Waals surface area contributed by atoms with Crippen molar-refractivity contribution in [2.75, 3.05) is 5.32 Å². The first-order valence-electron chi connectivity index (χ1n) is 5.97. The van der Waals surface area contributed by atoms with Gasteiger partial charge in [0.2, 0.25) is 5.91 Å². The van der Waals surface area contributed by atoms with Crippen LogP contribution in [0.3, 0.4) is 0 Å². The number of pyridine rings is 1. The van der Waals surface area contributed by atoms with Gasteiger partial charge in [0.05, 0.1) is 0 Å². The molecule has 0 aliphatic heterocycles. The maximum atomic E-state index is 10.9. The number of aromatic nitrogens is 1. The van der Waals surface area contributed by atoms with Gasteiger partial charge in [0.25, 0.3) is 0 Å². The summed E-state index contributed by atoms with van der Waals surface area (Å²) in [6, 6.07) is 9.49. The molecule has 1 aromatic heterocycles. The van der Waals surface area contributed by atoms with E-state index >= 15 is 0 Å². The molecule has 2 aromatic rings. The van der Waals surface area contributed by atoms with Crippen LogP contribution >= 0.6 is 11.6 Å². The average molecular weight is 305 g/mol. The van der Waals surface area contributed by atoms with Crippen LogP contribution in [0.4, 0.5) is 5.82 Å². The Hall–Kier alpha value is -2.49. The number of aryl methyl sites for hydroxylation is 1. The predicted octanol–water partition coefficient (Wildman–Crippen LogP) is 3.09. The second-order valence-electron chi connectivity index (χ2n) is 4.18. The smallest absolute Gasteiger partial charge is 0.311 e. The van der Waals surface area contributed by atoms with E-state index in [4.69, 9.17) is 21.2 Å². The average Bonchev–Trinajstić information content (AvgIpc) is 2.43. The molecule has 0 spiro atoms. The quantitative estimate of drug-likeness (QED) is 0.925. The van der Waals surface area contributed by atoms with E-state index in [1.54, 1.807) is 12.3 Å². The van der Waals surface area contributed by atoms with E-state index in [2.05, 4.69) is 10.3 Å². The zero-order valence-corrected chi connectivity index (χ0v) is 12.3. The molecule has 0 fully saturated rings. The highest BCUT2D eigenvalue weighted by atomic mass is 35.5. The summed E-state index contributed by atoms with van der Waals surface area (Å²) in [7, 11) is 0. The van der Waals surface area contributed by atoms with Gasteiger partial charge in [0, 0.05) is 29.3 Å². The summed E-state index contributed by atoms with van der Waals surface area (Å²) in [4.78, 5) is 31.3. The summed E-state index contributed by atoms with van der Waals surface area (Å²) in [5.74, 6) is 0.402. The fourth-order valence-electron chi connectivity index (χ4n) is 1.67. The molecule has 1 heterocycles. The van der Waals surface area contributed by atoms with Crippen LogP contribution in [0.5, 0.6) is 0 Å². The van der Waals surface area contributed by atoms with Gasteiger partial charge in [-0.1, -0.05) is 23.2 Å². The molecule has 108 valence electrons. The van der Waals surface area contributed by atoms with Gasteiger partial charge in [-0.3, -0.25) is 4.79 Å². The van der Waals surface area contributed by atoms with Crippen LogP contribution in [0, 0.1) is 6.92 Å². The van der Waals surface area contributed by atoms with E-state index in [0.717, 1.165) is 16.7 Å². The molecular formula is C15H13ClN2O3. The zero-order chi connectivity index (χ0) is 15.8. The summed E-state index contributed by atoms with van der Waals surface area (Å²) >= 11 is 6.16. The van der Waals surface area contributed by atoms with Crippen LogP contribution in [0.1, 0.15) is 12.5 Å². The molecule has 1 aromatic carbocycles. The third-order valence-electron chi connectivity index (χ3n) is 2.50. The van der Waals surface area contributed by atoms with E-state index in [1.165, 1.54) is 6.92 Å². The highest BCUT2D eigenvalue weighted by Crippen LogP contribution is 2.28. The fraction of sp³-hybridized carbons (Fsp3) is 0.133. The number of rotatable bonds is 2. The van der Waals surface area contributed by atoms with Crippen LogP contribution in [0.15, 0.2) is 36.5 Å². The largest absolute Gasteiger partial charge is 0.373 e. The maximum absolute atomic E-state index is 10.9. The monoisotopic (exact) mass is 304 g/mol. The first-order chi connectivity index (χ1) is 9.97. The Labute approximate surface area is 127 Å². The lowest BCUT2D eigenvalue weighted by molar-refractivity contribution is -0.191. The number of nitrogens with one attached hydrogen (secondary N) is 1. The number of halogens is 1. The molecule has 0 bridgehead atoms. The Morgan fingerprint density at radius 2 is 1.90 bits per heavy atom. The molecule has 0 aliphatic carbocycles. The van der Waals surface area contributed by atoms with Gasteiger partial charge in [-0.25, -0.2) is 4.98 Å². The van der Waals surface area contributed by atoms with Gasteiger partial charge in [-0.05, 0) is 31.2 Å². The summed E-state index contributed by atoms with van der Waals surface area (Å²) in [6.07, 6.45) is 1.95. The molecular weight excluding hydrogens is 292 g/mol. The molecule has 0 radical (unpaired) electrons. The van der Waals surface area contributed by atoms with Crippen molar-refractivity contribution in [1.29, 1.82) is 0 Å². The second kappa shape index (κ2) is 7.94. The number of nitrogens with zero attached hydrogens (tertiary/aromatic N) is 1. The predicted molar refractivity (Wildman–Crippen MR) is 78.7 cm³/mol. The lowest BCUT2D eigenvalue weighted by Crippen LogP contribution is -2.06. The molecule has 5 nitrogen and oxygen atoms in total. The minimum atomic E-state index is -0.135.